The number of halogens is 1. The summed E-state index contributed by atoms with van der Waals surface area (Å²) >= 11 is 11.2. The minimum absolute atomic E-state index is 0.280. The first-order valence-corrected chi connectivity index (χ1v) is 7.65. The summed E-state index contributed by atoms with van der Waals surface area (Å²) in [6.07, 6.45) is 0. The van der Waals surface area contributed by atoms with E-state index in [2.05, 4.69) is 10.2 Å². The maximum Gasteiger partial charge on any atom is 0.199 e. The van der Waals surface area contributed by atoms with Crippen molar-refractivity contribution in [2.75, 3.05) is 7.11 Å². The molecule has 0 fully saturated rings. The molecule has 0 radical (unpaired) electrons. The lowest BCUT2D eigenvalue weighted by Crippen LogP contribution is -2.05. The number of nitrogens with one attached hydrogen (secondary N) is 1. The van der Waals surface area contributed by atoms with Crippen molar-refractivity contribution in [3.05, 3.63) is 64.1 Å². The minimum Gasteiger partial charge on any atom is -0.497 e. The van der Waals surface area contributed by atoms with Crippen LogP contribution < -0.4 is 9.47 Å². The van der Waals surface area contributed by atoms with E-state index in [4.69, 9.17) is 33.3 Å². The van der Waals surface area contributed by atoms with E-state index in [0.29, 0.717) is 15.6 Å². The number of benzene rings is 2. The van der Waals surface area contributed by atoms with Crippen molar-refractivity contribution in [2.45, 2.75) is 6.61 Å². The maximum absolute atomic E-state index is 5.92. The molecule has 2 aromatic carbocycles. The Kier molecular flexibility index (Phi) is 4.64. The highest BCUT2D eigenvalue weighted by molar-refractivity contribution is 7.71. The molecule has 5 nitrogen and oxygen atoms in total. The summed E-state index contributed by atoms with van der Waals surface area (Å²) in [5, 5.41) is 7.68. The number of H-pyrrole nitrogens is 1. The molecule has 0 atom stereocenters. The lowest BCUT2D eigenvalue weighted by Gasteiger charge is -2.09. The van der Waals surface area contributed by atoms with Gasteiger partial charge in [0.2, 0.25) is 0 Å². The maximum atomic E-state index is 5.92. The molecule has 3 aromatic rings. The van der Waals surface area contributed by atoms with Crippen molar-refractivity contribution in [3.63, 3.8) is 0 Å². The number of rotatable bonds is 5. The topological polar surface area (TPSA) is 52.1 Å². The lowest BCUT2D eigenvalue weighted by molar-refractivity contribution is 0.292. The molecular formula is C16H14ClN3O2S. The van der Waals surface area contributed by atoms with Crippen molar-refractivity contribution in [2.24, 2.45) is 0 Å². The molecule has 0 aliphatic rings. The van der Waals surface area contributed by atoms with Crippen molar-refractivity contribution in [1.29, 1.82) is 0 Å². The van der Waals surface area contributed by atoms with Gasteiger partial charge in [-0.3, -0.25) is 9.67 Å². The SMILES string of the molecule is COc1ccc(OCc2n[nH]c(=S)n2-c2ccc(Cl)cc2)cc1. The van der Waals surface area contributed by atoms with Crippen LogP contribution in [0.15, 0.2) is 48.5 Å². The molecule has 23 heavy (non-hydrogen) atoms. The van der Waals surface area contributed by atoms with Gasteiger partial charge in [0.25, 0.3) is 0 Å². The average Bonchev–Trinajstić information content (AvgIpc) is 2.95. The van der Waals surface area contributed by atoms with Crippen LogP contribution in [0, 0.1) is 4.77 Å². The Hall–Kier alpha value is -2.31. The molecule has 0 aliphatic heterocycles. The lowest BCUT2D eigenvalue weighted by atomic mass is 10.3. The number of hydrogen-bond donors (Lipinski definition) is 1. The highest BCUT2D eigenvalue weighted by atomic mass is 35.5. The molecule has 118 valence electrons. The average molecular weight is 348 g/mol. The van der Waals surface area contributed by atoms with Crippen molar-refractivity contribution in [3.8, 4) is 17.2 Å². The predicted molar refractivity (Wildman–Crippen MR) is 91.1 cm³/mol. The Labute approximate surface area is 143 Å². The number of aromatic nitrogens is 3. The Morgan fingerprint density at radius 3 is 2.39 bits per heavy atom. The normalized spacial score (nSPS) is 10.5. The van der Waals surface area contributed by atoms with Gasteiger partial charge in [-0.1, -0.05) is 11.6 Å². The zero-order valence-corrected chi connectivity index (χ0v) is 13.9. The van der Waals surface area contributed by atoms with Crippen LogP contribution in [0.5, 0.6) is 11.5 Å². The molecule has 3 rings (SSSR count). The third-order valence-electron chi connectivity index (χ3n) is 3.25. The molecule has 0 spiro atoms. The van der Waals surface area contributed by atoms with E-state index in [9.17, 15) is 0 Å². The van der Waals surface area contributed by atoms with Crippen LogP contribution in [0.2, 0.25) is 5.02 Å². The standard InChI is InChI=1S/C16H14ClN3O2S/c1-21-13-6-8-14(9-7-13)22-10-15-18-19-16(23)20(15)12-4-2-11(17)3-5-12/h2-9H,10H2,1H3,(H,19,23). The molecular weight excluding hydrogens is 334 g/mol. The number of ether oxygens (including phenoxy) is 2. The number of aromatic amines is 1. The van der Waals surface area contributed by atoms with E-state index >= 15 is 0 Å². The molecule has 7 heteroatoms. The number of nitrogens with zero attached hydrogens (tertiary/aromatic N) is 2. The van der Waals surface area contributed by atoms with Gasteiger partial charge in [-0.2, -0.15) is 5.10 Å². The molecule has 0 bridgehead atoms. The quantitative estimate of drug-likeness (QED) is 0.704. The monoisotopic (exact) mass is 347 g/mol. The fraction of sp³-hybridized carbons (Fsp3) is 0.125. The second-order valence-electron chi connectivity index (χ2n) is 4.72. The molecule has 0 aliphatic carbocycles. The summed E-state index contributed by atoms with van der Waals surface area (Å²) < 4.78 is 13.2. The van der Waals surface area contributed by atoms with Crippen LogP contribution in [-0.2, 0) is 6.61 Å². The van der Waals surface area contributed by atoms with E-state index in [0.717, 1.165) is 17.2 Å². The Morgan fingerprint density at radius 2 is 1.74 bits per heavy atom. The summed E-state index contributed by atoms with van der Waals surface area (Å²) in [6, 6.07) is 14.7. The molecule has 0 saturated carbocycles. The van der Waals surface area contributed by atoms with Gasteiger partial charge in [0, 0.05) is 10.7 Å². The number of hydrogen-bond acceptors (Lipinski definition) is 4. The van der Waals surface area contributed by atoms with Gasteiger partial charge in [-0.15, -0.1) is 0 Å². The summed E-state index contributed by atoms with van der Waals surface area (Å²) in [4.78, 5) is 0. The highest BCUT2D eigenvalue weighted by Gasteiger charge is 2.09. The molecule has 0 amide bonds. The zero-order chi connectivity index (χ0) is 16.2. The first kappa shape index (κ1) is 15.6. The first-order valence-electron chi connectivity index (χ1n) is 6.86. The third-order valence-corrected chi connectivity index (χ3v) is 3.78. The largest absolute Gasteiger partial charge is 0.497 e. The van der Waals surface area contributed by atoms with Gasteiger partial charge in [0.05, 0.1) is 7.11 Å². The second kappa shape index (κ2) is 6.85. The molecule has 1 aromatic heterocycles. The highest BCUT2D eigenvalue weighted by Crippen LogP contribution is 2.19. The van der Waals surface area contributed by atoms with Crippen LogP contribution >= 0.6 is 23.8 Å². The van der Waals surface area contributed by atoms with Gasteiger partial charge in [0.15, 0.2) is 10.6 Å². The van der Waals surface area contributed by atoms with Crippen LogP contribution in [0.1, 0.15) is 5.82 Å². The summed E-state index contributed by atoms with van der Waals surface area (Å²) in [6.45, 7) is 0.280. The number of methoxy groups -OCH3 is 1. The van der Waals surface area contributed by atoms with Crippen molar-refractivity contribution < 1.29 is 9.47 Å². The summed E-state index contributed by atoms with van der Waals surface area (Å²) in [5.41, 5.74) is 0.876. The van der Waals surface area contributed by atoms with Gasteiger partial charge < -0.3 is 9.47 Å². The Balaban J connectivity index is 1.80. The van der Waals surface area contributed by atoms with Crippen molar-refractivity contribution in [1.82, 2.24) is 14.8 Å². The molecule has 0 saturated heterocycles. The van der Waals surface area contributed by atoms with Gasteiger partial charge >= 0.3 is 0 Å². The van der Waals surface area contributed by atoms with Gasteiger partial charge in [0.1, 0.15) is 18.1 Å². The van der Waals surface area contributed by atoms with Gasteiger partial charge in [-0.25, -0.2) is 0 Å². The van der Waals surface area contributed by atoms with E-state index in [1.165, 1.54) is 0 Å². The van der Waals surface area contributed by atoms with E-state index in [1.54, 1.807) is 19.2 Å². The van der Waals surface area contributed by atoms with E-state index in [1.807, 2.05) is 41.0 Å². The minimum atomic E-state index is 0.280. The smallest absolute Gasteiger partial charge is 0.199 e. The molecule has 1 N–H and O–H groups in total. The second-order valence-corrected chi connectivity index (χ2v) is 5.54. The fourth-order valence-corrected chi connectivity index (χ4v) is 2.49. The van der Waals surface area contributed by atoms with E-state index in [-0.39, 0.29) is 6.61 Å². The predicted octanol–water partition coefficient (Wildman–Crippen LogP) is 4.17. The van der Waals surface area contributed by atoms with Crippen LogP contribution in [-0.4, -0.2) is 21.9 Å². The van der Waals surface area contributed by atoms with Crippen LogP contribution in [0.25, 0.3) is 5.69 Å². The van der Waals surface area contributed by atoms with E-state index < -0.39 is 0 Å². The zero-order valence-electron chi connectivity index (χ0n) is 12.3. The molecule has 0 unspecified atom stereocenters. The fourth-order valence-electron chi connectivity index (χ4n) is 2.10. The van der Waals surface area contributed by atoms with Gasteiger partial charge in [-0.05, 0) is 60.7 Å². The summed E-state index contributed by atoms with van der Waals surface area (Å²) in [5.74, 6) is 2.18. The molecule has 1 heterocycles. The summed E-state index contributed by atoms with van der Waals surface area (Å²) in [7, 11) is 1.62. The van der Waals surface area contributed by atoms with Crippen LogP contribution in [0.4, 0.5) is 0 Å². The van der Waals surface area contributed by atoms with Crippen molar-refractivity contribution >= 4 is 23.8 Å². The third kappa shape index (κ3) is 3.55. The first-order chi connectivity index (χ1) is 11.2. The Bertz CT molecular complexity index is 841. The Morgan fingerprint density at radius 1 is 1.09 bits per heavy atom. The van der Waals surface area contributed by atoms with Crippen LogP contribution in [0.3, 0.4) is 0 Å².